The lowest BCUT2D eigenvalue weighted by Gasteiger charge is -2.56. The van der Waals surface area contributed by atoms with Gasteiger partial charge in [0.25, 0.3) is 0 Å². The standard InChI is InChI=1S/C24H36O3/c1-16-8-10-23(2,17(13-16)14-25)20-9-11-24(3)19(18(20)15-26)6-7-21(24)22-5-4-12-27-22/h4-5,7,12,16-20,25-26H,6,8-11,13-15H2,1-3H3/t16-,17+,18-,19-,20-,23-,24-/m0/s1. The lowest BCUT2D eigenvalue weighted by molar-refractivity contribution is -0.0911. The van der Waals surface area contributed by atoms with Crippen LogP contribution in [0.4, 0.5) is 0 Å². The van der Waals surface area contributed by atoms with Gasteiger partial charge in [-0.2, -0.15) is 0 Å². The Morgan fingerprint density at radius 3 is 2.59 bits per heavy atom. The van der Waals surface area contributed by atoms with Crippen molar-refractivity contribution in [3.8, 4) is 0 Å². The van der Waals surface area contributed by atoms with Gasteiger partial charge in [-0.3, -0.25) is 0 Å². The summed E-state index contributed by atoms with van der Waals surface area (Å²) < 4.78 is 5.75. The van der Waals surface area contributed by atoms with E-state index in [-0.39, 0.29) is 24.0 Å². The maximum atomic E-state index is 10.5. The van der Waals surface area contributed by atoms with Gasteiger partial charge in [-0.05, 0) is 90.2 Å². The third kappa shape index (κ3) is 2.93. The maximum absolute atomic E-state index is 10.5. The summed E-state index contributed by atoms with van der Waals surface area (Å²) in [5, 5.41) is 20.6. The minimum atomic E-state index is 0.0920. The summed E-state index contributed by atoms with van der Waals surface area (Å²) in [7, 11) is 0. The molecule has 7 atom stereocenters. The molecule has 0 amide bonds. The summed E-state index contributed by atoms with van der Waals surface area (Å²) in [6, 6.07) is 4.04. The fourth-order valence-electron chi connectivity index (χ4n) is 7.15. The molecule has 3 aliphatic carbocycles. The molecule has 0 aliphatic heterocycles. The lowest BCUT2D eigenvalue weighted by atomic mass is 9.48. The van der Waals surface area contributed by atoms with Crippen LogP contribution < -0.4 is 0 Å². The van der Waals surface area contributed by atoms with Crippen LogP contribution in [0, 0.1) is 40.4 Å². The van der Waals surface area contributed by atoms with Crippen molar-refractivity contribution in [3.05, 3.63) is 30.2 Å². The second-order valence-corrected chi connectivity index (χ2v) is 10.1. The molecule has 0 radical (unpaired) electrons. The van der Waals surface area contributed by atoms with Gasteiger partial charge in [-0.1, -0.05) is 33.3 Å². The molecule has 0 aromatic carbocycles. The highest BCUT2D eigenvalue weighted by Crippen LogP contribution is 2.64. The zero-order valence-electron chi connectivity index (χ0n) is 17.2. The SMILES string of the molecule is C[C@H]1CC[C@](C)([C@H]2CC[C@]3(C)C(c4ccco4)=CC[C@H]3[C@@H]2CO)[C@@H](CO)C1. The summed E-state index contributed by atoms with van der Waals surface area (Å²) in [5.74, 6) is 3.34. The Morgan fingerprint density at radius 1 is 1.11 bits per heavy atom. The number of fused-ring (bicyclic) bond motifs is 1. The average Bonchev–Trinajstić information content (AvgIpc) is 3.29. The summed E-state index contributed by atoms with van der Waals surface area (Å²) in [5.41, 5.74) is 1.58. The third-order valence-electron chi connectivity index (χ3n) is 8.88. The number of hydrogen-bond acceptors (Lipinski definition) is 3. The van der Waals surface area contributed by atoms with Crippen molar-refractivity contribution in [1.82, 2.24) is 0 Å². The number of furan rings is 1. The first-order valence-corrected chi connectivity index (χ1v) is 10.9. The van der Waals surface area contributed by atoms with Crippen LogP contribution in [0.3, 0.4) is 0 Å². The zero-order chi connectivity index (χ0) is 19.2. The molecule has 0 saturated heterocycles. The van der Waals surface area contributed by atoms with Crippen molar-refractivity contribution < 1.29 is 14.6 Å². The topological polar surface area (TPSA) is 53.6 Å². The molecule has 150 valence electrons. The summed E-state index contributed by atoms with van der Waals surface area (Å²) in [6.07, 6.45) is 11.0. The lowest BCUT2D eigenvalue weighted by Crippen LogP contribution is -2.51. The predicted molar refractivity (Wildman–Crippen MR) is 108 cm³/mol. The van der Waals surface area contributed by atoms with E-state index in [1.54, 1.807) is 6.26 Å². The number of aliphatic hydroxyl groups is 2. The van der Waals surface area contributed by atoms with Gasteiger partial charge in [0.1, 0.15) is 5.76 Å². The first kappa shape index (κ1) is 19.3. The highest BCUT2D eigenvalue weighted by atomic mass is 16.3. The number of rotatable bonds is 4. The minimum Gasteiger partial charge on any atom is -0.465 e. The Kier molecular flexibility index (Phi) is 5.05. The Morgan fingerprint density at radius 2 is 1.93 bits per heavy atom. The van der Waals surface area contributed by atoms with Gasteiger partial charge in [0.15, 0.2) is 0 Å². The van der Waals surface area contributed by atoms with E-state index in [1.807, 2.05) is 6.07 Å². The molecule has 2 fully saturated rings. The van der Waals surface area contributed by atoms with Gasteiger partial charge in [-0.15, -0.1) is 0 Å². The molecule has 3 aliphatic rings. The molecule has 3 nitrogen and oxygen atoms in total. The van der Waals surface area contributed by atoms with E-state index in [0.717, 1.165) is 31.4 Å². The van der Waals surface area contributed by atoms with E-state index in [2.05, 4.69) is 32.9 Å². The van der Waals surface area contributed by atoms with Gasteiger partial charge in [0.2, 0.25) is 0 Å². The Bertz CT molecular complexity index is 678. The maximum Gasteiger partial charge on any atom is 0.130 e. The van der Waals surface area contributed by atoms with Crippen LogP contribution in [0.5, 0.6) is 0 Å². The molecule has 2 saturated carbocycles. The number of allylic oxidation sites excluding steroid dienone is 2. The molecular formula is C24H36O3. The van der Waals surface area contributed by atoms with Crippen molar-refractivity contribution in [2.45, 2.75) is 59.3 Å². The minimum absolute atomic E-state index is 0.0920. The van der Waals surface area contributed by atoms with Crippen LogP contribution in [0.15, 0.2) is 28.9 Å². The molecule has 0 bridgehead atoms. The van der Waals surface area contributed by atoms with Gasteiger partial charge in [-0.25, -0.2) is 0 Å². The molecule has 4 rings (SSSR count). The number of aliphatic hydroxyl groups excluding tert-OH is 2. The molecule has 1 aromatic rings. The van der Waals surface area contributed by atoms with E-state index in [1.165, 1.54) is 18.4 Å². The molecule has 0 unspecified atom stereocenters. The van der Waals surface area contributed by atoms with E-state index >= 15 is 0 Å². The first-order chi connectivity index (χ1) is 12.9. The molecule has 2 N–H and O–H groups in total. The van der Waals surface area contributed by atoms with Gasteiger partial charge in [0, 0.05) is 13.2 Å². The third-order valence-corrected chi connectivity index (χ3v) is 8.88. The smallest absolute Gasteiger partial charge is 0.130 e. The van der Waals surface area contributed by atoms with Crippen molar-refractivity contribution in [2.24, 2.45) is 40.4 Å². The molecule has 0 spiro atoms. The molecule has 1 heterocycles. The molecule has 1 aromatic heterocycles. The molecular weight excluding hydrogens is 336 g/mol. The number of hydrogen-bond donors (Lipinski definition) is 2. The van der Waals surface area contributed by atoms with Crippen LogP contribution in [0.2, 0.25) is 0 Å². The highest BCUT2D eigenvalue weighted by Gasteiger charge is 2.56. The van der Waals surface area contributed by atoms with Gasteiger partial charge >= 0.3 is 0 Å². The monoisotopic (exact) mass is 372 g/mol. The van der Waals surface area contributed by atoms with Crippen LogP contribution in [-0.4, -0.2) is 23.4 Å². The van der Waals surface area contributed by atoms with Crippen LogP contribution in [0.1, 0.15) is 65.1 Å². The van der Waals surface area contributed by atoms with Crippen molar-refractivity contribution in [3.63, 3.8) is 0 Å². The zero-order valence-corrected chi connectivity index (χ0v) is 17.2. The van der Waals surface area contributed by atoms with Crippen LogP contribution in [-0.2, 0) is 0 Å². The first-order valence-electron chi connectivity index (χ1n) is 10.9. The summed E-state index contributed by atoms with van der Waals surface area (Å²) >= 11 is 0. The normalized spacial score (nSPS) is 44.8. The predicted octanol–water partition coefficient (Wildman–Crippen LogP) is 5.14. The Hall–Kier alpha value is -1.06. The van der Waals surface area contributed by atoms with Crippen LogP contribution >= 0.6 is 0 Å². The van der Waals surface area contributed by atoms with E-state index in [9.17, 15) is 10.2 Å². The molecule has 3 heteroatoms. The quantitative estimate of drug-likeness (QED) is 0.769. The van der Waals surface area contributed by atoms with Crippen molar-refractivity contribution in [2.75, 3.05) is 13.2 Å². The molecule has 27 heavy (non-hydrogen) atoms. The van der Waals surface area contributed by atoms with Crippen molar-refractivity contribution in [1.29, 1.82) is 0 Å². The second kappa shape index (κ2) is 7.08. The Labute approximate surface area is 163 Å². The average molecular weight is 373 g/mol. The highest BCUT2D eigenvalue weighted by molar-refractivity contribution is 5.69. The van der Waals surface area contributed by atoms with E-state index < -0.39 is 0 Å². The van der Waals surface area contributed by atoms with Crippen LogP contribution in [0.25, 0.3) is 5.57 Å². The van der Waals surface area contributed by atoms with E-state index in [0.29, 0.717) is 29.6 Å². The van der Waals surface area contributed by atoms with Crippen molar-refractivity contribution >= 4 is 5.57 Å². The van der Waals surface area contributed by atoms with E-state index in [4.69, 9.17) is 4.42 Å². The summed E-state index contributed by atoms with van der Waals surface area (Å²) in [4.78, 5) is 0. The Balaban J connectivity index is 1.62. The van der Waals surface area contributed by atoms with Gasteiger partial charge in [0.05, 0.1) is 6.26 Å². The largest absolute Gasteiger partial charge is 0.465 e. The summed E-state index contributed by atoms with van der Waals surface area (Å²) in [6.45, 7) is 7.65. The van der Waals surface area contributed by atoms with Gasteiger partial charge < -0.3 is 14.6 Å². The second-order valence-electron chi connectivity index (χ2n) is 10.1. The fraction of sp³-hybridized carbons (Fsp3) is 0.750. The fourth-order valence-corrected chi connectivity index (χ4v) is 7.15.